The second-order valence-electron chi connectivity index (χ2n) is 8.39. The largest absolute Gasteiger partial charge is 0.433 e. The highest BCUT2D eigenvalue weighted by Crippen LogP contribution is 2.38. The van der Waals surface area contributed by atoms with Gasteiger partial charge in [-0.15, -0.1) is 0 Å². The SMILES string of the molecule is COCCN(C)c1cc(C(=O)Oc2ccc3c(C(F)(F)F)cc(C(F)(F)F)nc3n2)nc(N2CCOCC2)n1. The molecular weight excluding hydrogens is 538 g/mol. The summed E-state index contributed by atoms with van der Waals surface area (Å²) in [7, 11) is 3.24. The van der Waals surface area contributed by atoms with E-state index in [0.29, 0.717) is 45.3 Å². The van der Waals surface area contributed by atoms with Crippen molar-refractivity contribution in [1.82, 2.24) is 19.9 Å². The maximum atomic E-state index is 13.4. The number of morpholine rings is 1. The fraction of sp³-hybridized carbons (Fsp3) is 0.435. The van der Waals surface area contributed by atoms with Crippen LogP contribution >= 0.6 is 0 Å². The first-order valence-corrected chi connectivity index (χ1v) is 11.5. The number of hydrogen-bond donors (Lipinski definition) is 0. The molecule has 210 valence electrons. The van der Waals surface area contributed by atoms with Gasteiger partial charge in [0.2, 0.25) is 11.8 Å². The number of aromatic nitrogens is 4. The van der Waals surface area contributed by atoms with Gasteiger partial charge in [0.15, 0.2) is 11.3 Å². The van der Waals surface area contributed by atoms with Gasteiger partial charge in [-0.25, -0.2) is 14.8 Å². The first-order chi connectivity index (χ1) is 18.4. The number of carbonyl (C=O) groups is 1. The zero-order valence-corrected chi connectivity index (χ0v) is 20.6. The summed E-state index contributed by atoms with van der Waals surface area (Å²) in [6, 6.07) is 3.01. The Morgan fingerprint density at radius 1 is 1.03 bits per heavy atom. The highest BCUT2D eigenvalue weighted by molar-refractivity contribution is 5.90. The van der Waals surface area contributed by atoms with Crippen molar-refractivity contribution in [3.63, 3.8) is 0 Å². The van der Waals surface area contributed by atoms with Gasteiger partial charge in [0.05, 0.1) is 25.4 Å². The van der Waals surface area contributed by atoms with Crippen molar-refractivity contribution in [3.05, 3.63) is 41.2 Å². The zero-order chi connectivity index (χ0) is 28.4. The molecule has 0 aromatic carbocycles. The van der Waals surface area contributed by atoms with Crippen LogP contribution in [0.2, 0.25) is 0 Å². The summed E-state index contributed by atoms with van der Waals surface area (Å²) >= 11 is 0. The number of anilines is 2. The minimum Gasteiger partial charge on any atom is -0.403 e. The minimum atomic E-state index is -5.16. The third-order valence-electron chi connectivity index (χ3n) is 5.67. The molecule has 1 saturated heterocycles. The molecule has 16 heteroatoms. The number of esters is 1. The van der Waals surface area contributed by atoms with E-state index in [1.807, 2.05) is 0 Å². The fourth-order valence-electron chi connectivity index (χ4n) is 3.64. The van der Waals surface area contributed by atoms with Gasteiger partial charge in [-0.1, -0.05) is 0 Å². The highest BCUT2D eigenvalue weighted by Gasteiger charge is 2.39. The van der Waals surface area contributed by atoms with Crippen LogP contribution in [0.4, 0.5) is 38.1 Å². The molecule has 4 heterocycles. The van der Waals surface area contributed by atoms with Gasteiger partial charge in [0.1, 0.15) is 11.5 Å². The van der Waals surface area contributed by atoms with E-state index in [0.717, 1.165) is 12.1 Å². The second-order valence-corrected chi connectivity index (χ2v) is 8.39. The molecule has 4 rings (SSSR count). The van der Waals surface area contributed by atoms with Crippen molar-refractivity contribution < 1.29 is 45.3 Å². The highest BCUT2D eigenvalue weighted by atomic mass is 19.4. The van der Waals surface area contributed by atoms with E-state index in [2.05, 4.69) is 19.9 Å². The van der Waals surface area contributed by atoms with E-state index < -0.39 is 46.5 Å². The van der Waals surface area contributed by atoms with Gasteiger partial charge in [0.25, 0.3) is 0 Å². The molecule has 0 aliphatic carbocycles. The van der Waals surface area contributed by atoms with Crippen LogP contribution in [0.3, 0.4) is 0 Å². The molecule has 1 fully saturated rings. The molecule has 0 amide bonds. The predicted octanol–water partition coefficient (Wildman–Crippen LogP) is 3.60. The van der Waals surface area contributed by atoms with Crippen LogP contribution in [0.25, 0.3) is 11.0 Å². The number of nitrogens with zero attached hydrogens (tertiary/aromatic N) is 6. The predicted molar refractivity (Wildman–Crippen MR) is 125 cm³/mol. The Morgan fingerprint density at radius 2 is 1.74 bits per heavy atom. The lowest BCUT2D eigenvalue weighted by atomic mass is 10.1. The topological polar surface area (TPSA) is 103 Å². The van der Waals surface area contributed by atoms with Gasteiger partial charge >= 0.3 is 18.3 Å². The Morgan fingerprint density at radius 3 is 2.38 bits per heavy atom. The summed E-state index contributed by atoms with van der Waals surface area (Å²) in [5, 5.41) is -0.686. The summed E-state index contributed by atoms with van der Waals surface area (Å²) in [6.45, 7) is 2.54. The number of hydrogen-bond acceptors (Lipinski definition) is 10. The third-order valence-corrected chi connectivity index (χ3v) is 5.67. The molecule has 1 aliphatic heterocycles. The molecular formula is C23H22F6N6O4. The van der Waals surface area contributed by atoms with Crippen molar-refractivity contribution in [2.75, 3.05) is 63.4 Å². The number of rotatable bonds is 7. The van der Waals surface area contributed by atoms with Crippen LogP contribution in [-0.4, -0.2) is 79.5 Å². The third kappa shape index (κ3) is 6.62. The molecule has 0 radical (unpaired) electrons. The van der Waals surface area contributed by atoms with Crippen LogP contribution in [0, 0.1) is 0 Å². The Labute approximate surface area is 217 Å². The van der Waals surface area contributed by atoms with Crippen molar-refractivity contribution in [1.29, 1.82) is 0 Å². The first-order valence-electron chi connectivity index (χ1n) is 11.5. The smallest absolute Gasteiger partial charge is 0.403 e. The fourth-order valence-corrected chi connectivity index (χ4v) is 3.64. The van der Waals surface area contributed by atoms with Crippen molar-refractivity contribution in [2.45, 2.75) is 12.4 Å². The Bertz CT molecular complexity index is 1350. The standard InChI is InChI=1S/C23H22F6N6O4/c1-34(5-8-37-2)17-12-15(30-21(32-17)35-6-9-38-10-7-35)20(36)39-18-4-3-13-14(22(24,25)26)11-16(23(27,28)29)31-19(13)33-18/h3-4,11-12H,5-10H2,1-2H3. The molecule has 39 heavy (non-hydrogen) atoms. The van der Waals surface area contributed by atoms with Crippen molar-refractivity contribution in [3.8, 4) is 5.88 Å². The number of carbonyl (C=O) groups excluding carboxylic acids is 1. The van der Waals surface area contributed by atoms with E-state index in [-0.39, 0.29) is 17.7 Å². The second kappa shape index (κ2) is 11.1. The zero-order valence-electron chi connectivity index (χ0n) is 20.6. The van der Waals surface area contributed by atoms with Crippen molar-refractivity contribution in [2.24, 2.45) is 0 Å². The maximum Gasteiger partial charge on any atom is 0.433 e. The Kier molecular flexibility index (Phi) is 8.06. The van der Waals surface area contributed by atoms with Crippen LogP contribution in [0.5, 0.6) is 5.88 Å². The number of likely N-dealkylation sites (N-methyl/N-ethyl adjacent to an activating group) is 1. The Hall–Kier alpha value is -3.79. The average molecular weight is 560 g/mol. The number of pyridine rings is 2. The van der Waals surface area contributed by atoms with Gasteiger partial charge in [-0.2, -0.15) is 36.3 Å². The lowest BCUT2D eigenvalue weighted by Gasteiger charge is -2.28. The molecule has 3 aromatic rings. The number of halogens is 6. The van der Waals surface area contributed by atoms with E-state index in [1.165, 1.54) is 13.2 Å². The van der Waals surface area contributed by atoms with Crippen LogP contribution in [-0.2, 0) is 21.8 Å². The summed E-state index contributed by atoms with van der Waals surface area (Å²) in [5.74, 6) is -1.05. The lowest BCUT2D eigenvalue weighted by molar-refractivity contribution is -0.144. The molecule has 1 aliphatic rings. The summed E-state index contributed by atoms with van der Waals surface area (Å²) < 4.78 is 95.5. The number of alkyl halides is 6. The maximum absolute atomic E-state index is 13.4. The molecule has 3 aromatic heterocycles. The van der Waals surface area contributed by atoms with Gasteiger partial charge in [-0.3, -0.25) is 0 Å². The molecule has 0 saturated carbocycles. The van der Waals surface area contributed by atoms with E-state index in [9.17, 15) is 31.1 Å². The quantitative estimate of drug-likeness (QED) is 0.315. The normalized spacial score (nSPS) is 14.5. The monoisotopic (exact) mass is 560 g/mol. The Balaban J connectivity index is 1.69. The number of ether oxygens (including phenoxy) is 3. The molecule has 0 atom stereocenters. The molecule has 0 unspecified atom stereocenters. The molecule has 10 nitrogen and oxygen atoms in total. The van der Waals surface area contributed by atoms with E-state index in [1.54, 1.807) is 16.8 Å². The van der Waals surface area contributed by atoms with Crippen LogP contribution in [0.15, 0.2) is 24.3 Å². The van der Waals surface area contributed by atoms with Gasteiger partial charge in [0, 0.05) is 51.3 Å². The molecule has 0 bridgehead atoms. The van der Waals surface area contributed by atoms with Crippen LogP contribution < -0.4 is 14.5 Å². The van der Waals surface area contributed by atoms with Gasteiger partial charge in [-0.05, 0) is 12.1 Å². The number of fused-ring (bicyclic) bond motifs is 1. The summed E-state index contributed by atoms with van der Waals surface area (Å²) in [6.07, 6.45) is -10.3. The molecule has 0 N–H and O–H groups in total. The number of methoxy groups -OCH3 is 1. The lowest BCUT2D eigenvalue weighted by Crippen LogP contribution is -2.38. The first kappa shape index (κ1) is 28.2. The van der Waals surface area contributed by atoms with E-state index >= 15 is 0 Å². The van der Waals surface area contributed by atoms with Crippen LogP contribution in [0.1, 0.15) is 21.7 Å². The minimum absolute atomic E-state index is 0.0919. The molecule has 0 spiro atoms. The van der Waals surface area contributed by atoms with Gasteiger partial charge < -0.3 is 24.0 Å². The summed E-state index contributed by atoms with van der Waals surface area (Å²) in [5.41, 5.74) is -4.45. The van der Waals surface area contributed by atoms with E-state index in [4.69, 9.17) is 14.2 Å². The summed E-state index contributed by atoms with van der Waals surface area (Å²) in [4.78, 5) is 32.1. The van der Waals surface area contributed by atoms with Crippen molar-refractivity contribution >= 4 is 28.8 Å². The average Bonchev–Trinajstić information content (AvgIpc) is 2.90.